The summed E-state index contributed by atoms with van der Waals surface area (Å²) in [4.78, 5) is 37.9. The number of benzene rings is 1. The molecule has 4 heterocycles. The number of fused-ring (bicyclic) bond motifs is 1. The SMILES string of the molecule is Cc1c(OCc2cnco2)ccc2c1CCN(CC(O)CNC(=O)c1ccnc(NC3CCN(C(=O)C(C)(C)C)CC3)c1)C2. The lowest BCUT2D eigenvalue weighted by Crippen LogP contribution is -2.46. The first kappa shape index (κ1) is 31.5. The van der Waals surface area contributed by atoms with E-state index in [0.717, 1.165) is 43.7 Å². The predicted molar refractivity (Wildman–Crippen MR) is 166 cm³/mol. The van der Waals surface area contributed by atoms with Crippen LogP contribution in [-0.4, -0.2) is 81.6 Å². The Hall–Kier alpha value is -3.96. The van der Waals surface area contributed by atoms with Crippen molar-refractivity contribution in [2.24, 2.45) is 5.41 Å². The van der Waals surface area contributed by atoms with E-state index in [2.05, 4.69) is 38.5 Å². The topological polar surface area (TPSA) is 133 Å². The second kappa shape index (κ2) is 13.8. The molecule has 1 aromatic carbocycles. The highest BCUT2D eigenvalue weighted by molar-refractivity contribution is 5.94. The van der Waals surface area contributed by atoms with Crippen LogP contribution in [0.3, 0.4) is 0 Å². The number of aliphatic hydroxyl groups is 1. The molecule has 2 aliphatic rings. The summed E-state index contributed by atoms with van der Waals surface area (Å²) in [6.45, 7) is 11.8. The zero-order valence-corrected chi connectivity index (χ0v) is 26.1. The van der Waals surface area contributed by atoms with Crippen LogP contribution in [0.2, 0.25) is 0 Å². The maximum absolute atomic E-state index is 12.9. The van der Waals surface area contributed by atoms with Crippen LogP contribution in [0.4, 0.5) is 5.82 Å². The Morgan fingerprint density at radius 1 is 1.18 bits per heavy atom. The Morgan fingerprint density at radius 2 is 1.98 bits per heavy atom. The third-order valence-electron chi connectivity index (χ3n) is 8.34. The monoisotopic (exact) mass is 604 g/mol. The van der Waals surface area contributed by atoms with Gasteiger partial charge in [0.1, 0.15) is 18.2 Å². The smallest absolute Gasteiger partial charge is 0.251 e. The first-order valence-corrected chi connectivity index (χ1v) is 15.4. The van der Waals surface area contributed by atoms with Gasteiger partial charge in [0.2, 0.25) is 5.91 Å². The summed E-state index contributed by atoms with van der Waals surface area (Å²) >= 11 is 0. The number of nitrogens with zero attached hydrogens (tertiary/aromatic N) is 4. The summed E-state index contributed by atoms with van der Waals surface area (Å²) in [6, 6.07) is 7.66. The van der Waals surface area contributed by atoms with Gasteiger partial charge < -0.3 is 29.8 Å². The molecule has 1 unspecified atom stereocenters. The molecule has 0 saturated carbocycles. The maximum atomic E-state index is 12.9. The highest BCUT2D eigenvalue weighted by atomic mass is 16.5. The number of rotatable bonds is 10. The fourth-order valence-corrected chi connectivity index (χ4v) is 5.89. The fraction of sp³-hybridized carbons (Fsp3) is 0.515. The van der Waals surface area contributed by atoms with Gasteiger partial charge in [-0.05, 0) is 61.1 Å². The van der Waals surface area contributed by atoms with Crippen molar-refractivity contribution >= 4 is 17.6 Å². The average Bonchev–Trinajstić information content (AvgIpc) is 3.53. The van der Waals surface area contributed by atoms with Crippen molar-refractivity contribution in [2.45, 2.75) is 72.3 Å². The van der Waals surface area contributed by atoms with Crippen molar-refractivity contribution in [3.8, 4) is 5.75 Å². The van der Waals surface area contributed by atoms with Gasteiger partial charge in [0.05, 0.1) is 12.3 Å². The van der Waals surface area contributed by atoms with Crippen molar-refractivity contribution in [3.63, 3.8) is 0 Å². The standard InChI is InChI=1S/C33H44N6O5/c1-22-28-10-12-38(18-24(28)5-6-29(22)43-20-27-17-34-21-44-27)19-26(40)16-36-31(41)23-7-11-35-30(15-23)37-25-8-13-39(14-9-25)32(42)33(2,3)4/h5-7,11,15,17,21,25-26,40H,8-10,12-14,16,18-20H2,1-4H3,(H,35,37)(H,36,41). The Balaban J connectivity index is 1.06. The third-order valence-corrected chi connectivity index (χ3v) is 8.34. The molecule has 3 aromatic rings. The summed E-state index contributed by atoms with van der Waals surface area (Å²) in [5, 5.41) is 17.0. The van der Waals surface area contributed by atoms with Gasteiger partial charge >= 0.3 is 0 Å². The number of pyridine rings is 1. The summed E-state index contributed by atoms with van der Waals surface area (Å²) in [7, 11) is 0. The van der Waals surface area contributed by atoms with Crippen LogP contribution in [0.5, 0.6) is 5.75 Å². The molecule has 2 aliphatic heterocycles. The van der Waals surface area contributed by atoms with Gasteiger partial charge in [-0.3, -0.25) is 14.5 Å². The minimum Gasteiger partial charge on any atom is -0.485 e. The molecule has 1 fully saturated rings. The maximum Gasteiger partial charge on any atom is 0.251 e. The number of nitrogens with one attached hydrogen (secondary N) is 2. The number of β-amino-alcohol motifs (C(OH)–C–C–N with tert-alkyl or cyclic N) is 1. The lowest BCUT2D eigenvalue weighted by molar-refractivity contribution is -0.140. The lowest BCUT2D eigenvalue weighted by atomic mass is 9.93. The third kappa shape index (κ3) is 7.95. The highest BCUT2D eigenvalue weighted by Gasteiger charge is 2.30. The van der Waals surface area contributed by atoms with Gasteiger partial charge in [0.25, 0.3) is 5.91 Å². The van der Waals surface area contributed by atoms with E-state index in [1.165, 1.54) is 17.5 Å². The van der Waals surface area contributed by atoms with Gasteiger partial charge in [0, 0.05) is 62.5 Å². The number of amides is 2. The number of likely N-dealkylation sites (tertiary alicyclic amines) is 1. The first-order valence-electron chi connectivity index (χ1n) is 15.4. The van der Waals surface area contributed by atoms with Crippen molar-refractivity contribution in [2.75, 3.05) is 38.0 Å². The van der Waals surface area contributed by atoms with E-state index in [1.807, 2.05) is 31.7 Å². The minimum absolute atomic E-state index is 0.154. The summed E-state index contributed by atoms with van der Waals surface area (Å²) in [5.41, 5.74) is 3.74. The van der Waals surface area contributed by atoms with Gasteiger partial charge in [-0.2, -0.15) is 0 Å². The number of piperidine rings is 1. The van der Waals surface area contributed by atoms with Gasteiger partial charge in [0.15, 0.2) is 12.2 Å². The van der Waals surface area contributed by atoms with E-state index in [4.69, 9.17) is 9.15 Å². The Morgan fingerprint density at radius 3 is 2.70 bits per heavy atom. The normalized spacial score (nSPS) is 16.7. The summed E-state index contributed by atoms with van der Waals surface area (Å²) in [5.74, 6) is 2.07. The first-order chi connectivity index (χ1) is 21.1. The molecule has 11 nitrogen and oxygen atoms in total. The van der Waals surface area contributed by atoms with E-state index in [-0.39, 0.29) is 29.8 Å². The highest BCUT2D eigenvalue weighted by Crippen LogP contribution is 2.30. The Kier molecular flexibility index (Phi) is 9.85. The molecule has 0 spiro atoms. The number of aliphatic hydroxyl groups excluding tert-OH is 1. The number of carbonyl (C=O) groups excluding carboxylic acids is 2. The second-order valence-electron chi connectivity index (χ2n) is 12.8. The van der Waals surface area contributed by atoms with Crippen LogP contribution in [0.15, 0.2) is 47.5 Å². The number of hydrogen-bond acceptors (Lipinski definition) is 9. The van der Waals surface area contributed by atoms with Gasteiger partial charge in [-0.15, -0.1) is 0 Å². The zero-order chi connectivity index (χ0) is 31.3. The zero-order valence-electron chi connectivity index (χ0n) is 26.1. The van der Waals surface area contributed by atoms with Crippen molar-refractivity contribution in [1.82, 2.24) is 25.1 Å². The van der Waals surface area contributed by atoms with Crippen LogP contribution in [0, 0.1) is 12.3 Å². The molecule has 1 saturated heterocycles. The number of carbonyl (C=O) groups is 2. The van der Waals surface area contributed by atoms with Crippen molar-refractivity contribution < 1.29 is 23.8 Å². The largest absolute Gasteiger partial charge is 0.485 e. The van der Waals surface area contributed by atoms with E-state index < -0.39 is 6.10 Å². The van der Waals surface area contributed by atoms with E-state index >= 15 is 0 Å². The number of anilines is 1. The molecular weight excluding hydrogens is 560 g/mol. The van der Waals surface area contributed by atoms with Crippen LogP contribution >= 0.6 is 0 Å². The van der Waals surface area contributed by atoms with Crippen LogP contribution < -0.4 is 15.4 Å². The molecular formula is C33H44N6O5. The molecule has 0 aliphatic carbocycles. The Labute approximate surface area is 259 Å². The molecule has 2 aromatic heterocycles. The number of aromatic nitrogens is 2. The molecule has 236 valence electrons. The lowest BCUT2D eigenvalue weighted by Gasteiger charge is -2.36. The second-order valence-corrected chi connectivity index (χ2v) is 12.8. The molecule has 0 radical (unpaired) electrons. The van der Waals surface area contributed by atoms with E-state index in [0.29, 0.717) is 43.4 Å². The molecule has 2 amide bonds. The van der Waals surface area contributed by atoms with Crippen molar-refractivity contribution in [1.29, 1.82) is 0 Å². The molecule has 11 heteroatoms. The Bertz CT molecular complexity index is 1430. The average molecular weight is 605 g/mol. The number of hydrogen-bond donors (Lipinski definition) is 3. The minimum atomic E-state index is -0.702. The molecule has 1 atom stereocenters. The molecule has 0 bridgehead atoms. The van der Waals surface area contributed by atoms with E-state index in [9.17, 15) is 14.7 Å². The molecule has 3 N–H and O–H groups in total. The summed E-state index contributed by atoms with van der Waals surface area (Å²) in [6.07, 6.45) is 6.46. The number of oxazole rings is 1. The van der Waals surface area contributed by atoms with Crippen molar-refractivity contribution in [3.05, 3.63) is 71.1 Å². The quantitative estimate of drug-likeness (QED) is 0.318. The predicted octanol–water partition coefficient (Wildman–Crippen LogP) is 3.56. The molecule has 44 heavy (non-hydrogen) atoms. The molecule has 5 rings (SSSR count). The van der Waals surface area contributed by atoms with Gasteiger partial charge in [-0.25, -0.2) is 9.97 Å². The summed E-state index contributed by atoms with van der Waals surface area (Å²) < 4.78 is 11.2. The fourth-order valence-electron chi connectivity index (χ4n) is 5.89. The van der Waals surface area contributed by atoms with Gasteiger partial charge in [-0.1, -0.05) is 26.8 Å². The number of ether oxygens (including phenoxy) is 1. The van der Waals surface area contributed by atoms with E-state index in [1.54, 1.807) is 24.5 Å². The van der Waals surface area contributed by atoms with Crippen LogP contribution in [0.25, 0.3) is 0 Å². The van der Waals surface area contributed by atoms with Crippen LogP contribution in [0.1, 0.15) is 66.4 Å². The van der Waals surface area contributed by atoms with Crippen LogP contribution in [-0.2, 0) is 24.4 Å².